The van der Waals surface area contributed by atoms with Gasteiger partial charge in [-0.3, -0.25) is 4.79 Å². The van der Waals surface area contributed by atoms with Crippen molar-refractivity contribution in [2.24, 2.45) is 5.92 Å². The number of hydrogen-bond acceptors (Lipinski definition) is 6. The highest BCUT2D eigenvalue weighted by Crippen LogP contribution is 2.24. The second kappa shape index (κ2) is 9.28. The Labute approximate surface area is 169 Å². The highest BCUT2D eigenvalue weighted by atomic mass is 16.6. The summed E-state index contributed by atoms with van der Waals surface area (Å²) in [4.78, 5) is 24.3. The summed E-state index contributed by atoms with van der Waals surface area (Å²) in [7, 11) is 0. The Morgan fingerprint density at radius 3 is 2.48 bits per heavy atom. The number of benzene rings is 2. The van der Waals surface area contributed by atoms with Crippen molar-refractivity contribution >= 4 is 16.9 Å². The predicted molar refractivity (Wildman–Crippen MR) is 110 cm³/mol. The summed E-state index contributed by atoms with van der Waals surface area (Å²) in [5.74, 6) is 0.889. The molecule has 0 bridgehead atoms. The number of carbonyl (C=O) groups is 1. The number of ether oxygens (including phenoxy) is 3. The summed E-state index contributed by atoms with van der Waals surface area (Å²) in [6.07, 6.45) is 2.21. The minimum atomic E-state index is -0.446. The van der Waals surface area contributed by atoms with Crippen LogP contribution >= 0.6 is 0 Å². The Balaban J connectivity index is 1.71. The van der Waals surface area contributed by atoms with E-state index in [2.05, 4.69) is 6.92 Å². The van der Waals surface area contributed by atoms with Crippen LogP contribution in [-0.2, 0) is 16.0 Å². The fraction of sp³-hybridized carbons (Fsp3) is 0.304. The van der Waals surface area contributed by atoms with E-state index in [-0.39, 0.29) is 23.7 Å². The molecule has 0 aliphatic carbocycles. The van der Waals surface area contributed by atoms with Gasteiger partial charge in [-0.1, -0.05) is 32.9 Å². The number of aryl methyl sites for hydroxylation is 1. The molecule has 3 rings (SSSR count). The van der Waals surface area contributed by atoms with Crippen LogP contribution in [0, 0.1) is 5.92 Å². The van der Waals surface area contributed by atoms with Crippen LogP contribution in [0.1, 0.15) is 26.3 Å². The molecule has 152 valence electrons. The van der Waals surface area contributed by atoms with E-state index in [1.807, 2.05) is 38.1 Å². The molecular weight excluding hydrogens is 372 g/mol. The van der Waals surface area contributed by atoms with Crippen molar-refractivity contribution in [3.8, 4) is 17.2 Å². The molecule has 6 heteroatoms. The molecule has 6 nitrogen and oxygen atoms in total. The molecule has 0 unspecified atom stereocenters. The first-order valence-electron chi connectivity index (χ1n) is 9.57. The molecule has 0 aliphatic rings. The molecule has 1 heterocycles. The maximum Gasteiger partial charge on any atom is 0.344 e. The first-order valence-corrected chi connectivity index (χ1v) is 9.57. The summed E-state index contributed by atoms with van der Waals surface area (Å²) in [5.41, 5.74) is 1.24. The highest BCUT2D eigenvalue weighted by molar-refractivity contribution is 5.79. The van der Waals surface area contributed by atoms with E-state index in [9.17, 15) is 9.59 Å². The van der Waals surface area contributed by atoms with Gasteiger partial charge in [0.25, 0.3) is 0 Å². The monoisotopic (exact) mass is 396 g/mol. The van der Waals surface area contributed by atoms with Crippen LogP contribution in [0.5, 0.6) is 17.2 Å². The average Bonchev–Trinajstić information content (AvgIpc) is 2.73. The standard InChI is InChI=1S/C23H24O6/c1-4-16-5-7-17(8-6-16)29-21-13-27-20-11-18(9-10-19(20)23(21)25)26-14-22(24)28-12-15(2)3/h5-11,13,15H,4,12,14H2,1-3H3. The molecule has 0 radical (unpaired) electrons. The lowest BCUT2D eigenvalue weighted by Gasteiger charge is -2.09. The summed E-state index contributed by atoms with van der Waals surface area (Å²) >= 11 is 0. The molecule has 0 spiro atoms. The third kappa shape index (κ3) is 5.38. The zero-order valence-electron chi connectivity index (χ0n) is 16.8. The number of carbonyl (C=O) groups excluding carboxylic acids is 1. The first kappa shape index (κ1) is 20.5. The average molecular weight is 396 g/mol. The minimum absolute atomic E-state index is 0.104. The maximum absolute atomic E-state index is 12.7. The van der Waals surface area contributed by atoms with Gasteiger partial charge < -0.3 is 18.6 Å². The van der Waals surface area contributed by atoms with Crippen molar-refractivity contribution in [2.45, 2.75) is 27.2 Å². The van der Waals surface area contributed by atoms with Crippen LogP contribution in [-0.4, -0.2) is 19.2 Å². The molecule has 1 aromatic heterocycles. The molecule has 0 atom stereocenters. The van der Waals surface area contributed by atoms with Crippen LogP contribution in [0.3, 0.4) is 0 Å². The summed E-state index contributed by atoms with van der Waals surface area (Å²) in [6, 6.07) is 12.3. The number of hydrogen-bond donors (Lipinski definition) is 0. The van der Waals surface area contributed by atoms with Gasteiger partial charge in [-0.25, -0.2) is 4.79 Å². The number of rotatable bonds is 8. The molecule has 0 fully saturated rings. The molecule has 0 amide bonds. The highest BCUT2D eigenvalue weighted by Gasteiger charge is 2.11. The zero-order valence-corrected chi connectivity index (χ0v) is 16.8. The van der Waals surface area contributed by atoms with Crippen LogP contribution in [0.2, 0.25) is 0 Å². The summed E-state index contributed by atoms with van der Waals surface area (Å²) in [6.45, 7) is 6.12. The fourth-order valence-electron chi connectivity index (χ4n) is 2.61. The lowest BCUT2D eigenvalue weighted by molar-refractivity contribution is -0.147. The van der Waals surface area contributed by atoms with Crippen LogP contribution < -0.4 is 14.9 Å². The van der Waals surface area contributed by atoms with E-state index >= 15 is 0 Å². The van der Waals surface area contributed by atoms with Gasteiger partial charge in [-0.15, -0.1) is 0 Å². The van der Waals surface area contributed by atoms with Crippen molar-refractivity contribution in [1.82, 2.24) is 0 Å². The lowest BCUT2D eigenvalue weighted by atomic mass is 10.2. The SMILES string of the molecule is CCc1ccc(Oc2coc3cc(OCC(=O)OCC(C)C)ccc3c2=O)cc1. The van der Waals surface area contributed by atoms with Gasteiger partial charge in [0.2, 0.25) is 11.2 Å². The van der Waals surface area contributed by atoms with E-state index in [4.69, 9.17) is 18.6 Å². The van der Waals surface area contributed by atoms with Gasteiger partial charge >= 0.3 is 5.97 Å². The quantitative estimate of drug-likeness (QED) is 0.513. The third-order valence-electron chi connectivity index (χ3n) is 4.21. The Bertz CT molecular complexity index is 1030. The Morgan fingerprint density at radius 1 is 1.07 bits per heavy atom. The Kier molecular flexibility index (Phi) is 6.54. The van der Waals surface area contributed by atoms with E-state index in [0.717, 1.165) is 6.42 Å². The van der Waals surface area contributed by atoms with Crippen molar-refractivity contribution in [3.63, 3.8) is 0 Å². The van der Waals surface area contributed by atoms with Crippen molar-refractivity contribution in [1.29, 1.82) is 0 Å². The molecule has 0 saturated carbocycles. The van der Waals surface area contributed by atoms with E-state index in [1.54, 1.807) is 18.2 Å². The molecule has 0 saturated heterocycles. The minimum Gasteiger partial charge on any atom is -0.482 e. The van der Waals surface area contributed by atoms with Crippen molar-refractivity contribution < 1.29 is 23.4 Å². The predicted octanol–water partition coefficient (Wildman–Crippen LogP) is 4.73. The normalized spacial score (nSPS) is 10.9. The molecule has 3 aromatic rings. The second-order valence-corrected chi connectivity index (χ2v) is 7.05. The van der Waals surface area contributed by atoms with Gasteiger partial charge in [0.05, 0.1) is 12.0 Å². The largest absolute Gasteiger partial charge is 0.482 e. The maximum atomic E-state index is 12.7. The first-order chi connectivity index (χ1) is 14.0. The van der Waals surface area contributed by atoms with E-state index in [0.29, 0.717) is 29.1 Å². The number of fused-ring (bicyclic) bond motifs is 1. The molecule has 2 aromatic carbocycles. The summed E-state index contributed by atoms with van der Waals surface area (Å²) < 4.78 is 21.7. The second-order valence-electron chi connectivity index (χ2n) is 7.05. The fourth-order valence-corrected chi connectivity index (χ4v) is 2.61. The Hall–Kier alpha value is -3.28. The van der Waals surface area contributed by atoms with Gasteiger partial charge in [-0.2, -0.15) is 0 Å². The third-order valence-corrected chi connectivity index (χ3v) is 4.21. The van der Waals surface area contributed by atoms with Gasteiger partial charge in [0.15, 0.2) is 6.61 Å². The van der Waals surface area contributed by atoms with Gasteiger partial charge in [0.1, 0.15) is 23.3 Å². The molecule has 29 heavy (non-hydrogen) atoms. The molecular formula is C23H24O6. The van der Waals surface area contributed by atoms with Crippen LogP contribution in [0.25, 0.3) is 11.0 Å². The topological polar surface area (TPSA) is 75.0 Å². The van der Waals surface area contributed by atoms with Gasteiger partial charge in [0, 0.05) is 6.07 Å². The van der Waals surface area contributed by atoms with Crippen LogP contribution in [0.15, 0.2) is 57.9 Å². The lowest BCUT2D eigenvalue weighted by Crippen LogP contribution is -2.17. The van der Waals surface area contributed by atoms with Crippen molar-refractivity contribution in [3.05, 3.63) is 64.5 Å². The van der Waals surface area contributed by atoms with Crippen molar-refractivity contribution in [2.75, 3.05) is 13.2 Å². The molecule has 0 N–H and O–H groups in total. The van der Waals surface area contributed by atoms with Gasteiger partial charge in [-0.05, 0) is 42.2 Å². The van der Waals surface area contributed by atoms with Crippen LogP contribution in [0.4, 0.5) is 0 Å². The smallest absolute Gasteiger partial charge is 0.344 e. The zero-order chi connectivity index (χ0) is 20.8. The van der Waals surface area contributed by atoms with E-state index in [1.165, 1.54) is 11.8 Å². The number of esters is 1. The molecule has 0 aliphatic heterocycles. The summed E-state index contributed by atoms with van der Waals surface area (Å²) in [5, 5.41) is 0.363. The van der Waals surface area contributed by atoms with E-state index < -0.39 is 5.97 Å². The Morgan fingerprint density at radius 2 is 1.79 bits per heavy atom.